The molecule has 1 aromatic rings. The van der Waals surface area contributed by atoms with Gasteiger partial charge >= 0.3 is 0 Å². The van der Waals surface area contributed by atoms with Gasteiger partial charge in [0.25, 0.3) is 0 Å². The Hall–Kier alpha value is -1.24. The van der Waals surface area contributed by atoms with Crippen LogP contribution in [0.1, 0.15) is 44.4 Å². The molecule has 88 valence electrons. The van der Waals surface area contributed by atoms with E-state index in [9.17, 15) is 0 Å². The smallest absolute Gasteiger partial charge is 0.127 e. The lowest BCUT2D eigenvalue weighted by atomic mass is 10.0. The van der Waals surface area contributed by atoms with Crippen molar-refractivity contribution in [3.63, 3.8) is 0 Å². The van der Waals surface area contributed by atoms with Crippen LogP contribution < -0.4 is 4.74 Å². The van der Waals surface area contributed by atoms with Crippen LogP contribution in [0.2, 0.25) is 0 Å². The maximum absolute atomic E-state index is 5.97. The summed E-state index contributed by atoms with van der Waals surface area (Å²) in [4.78, 5) is 0. The summed E-state index contributed by atoms with van der Waals surface area (Å²) in [6.45, 7) is 16.4. The predicted octanol–water partition coefficient (Wildman–Crippen LogP) is 4.51. The third kappa shape index (κ3) is 3.13. The zero-order chi connectivity index (χ0) is 12.5. The minimum atomic E-state index is -0.175. The monoisotopic (exact) mass is 218 g/mol. The predicted molar refractivity (Wildman–Crippen MR) is 71.0 cm³/mol. The molecule has 0 bridgehead atoms. The van der Waals surface area contributed by atoms with Gasteiger partial charge in [-0.25, -0.2) is 0 Å². The number of hydrogen-bond acceptors (Lipinski definition) is 1. The number of allylic oxidation sites excluding steroid dienone is 1. The van der Waals surface area contributed by atoms with Gasteiger partial charge in [-0.05, 0) is 70.4 Å². The van der Waals surface area contributed by atoms with Gasteiger partial charge in [0.15, 0.2) is 0 Å². The highest BCUT2D eigenvalue weighted by Crippen LogP contribution is 2.30. The van der Waals surface area contributed by atoms with Gasteiger partial charge in [0, 0.05) is 5.56 Å². The van der Waals surface area contributed by atoms with E-state index in [2.05, 4.69) is 53.3 Å². The van der Waals surface area contributed by atoms with Gasteiger partial charge in [-0.3, -0.25) is 0 Å². The van der Waals surface area contributed by atoms with Crippen molar-refractivity contribution in [2.75, 3.05) is 0 Å². The molecule has 0 unspecified atom stereocenters. The molecule has 1 rings (SSSR count). The molecule has 0 saturated carbocycles. The fourth-order valence-corrected chi connectivity index (χ4v) is 1.54. The molecule has 0 amide bonds. The second kappa shape index (κ2) is 4.32. The largest absolute Gasteiger partial charge is 0.488 e. The summed E-state index contributed by atoms with van der Waals surface area (Å²) in [6.07, 6.45) is 0. The van der Waals surface area contributed by atoms with Gasteiger partial charge < -0.3 is 4.74 Å². The number of hydrogen-bond donors (Lipinski definition) is 0. The first-order chi connectivity index (χ1) is 7.20. The lowest BCUT2D eigenvalue weighted by Gasteiger charge is -2.24. The summed E-state index contributed by atoms with van der Waals surface area (Å²) in [5.41, 5.74) is 4.51. The Kier molecular flexibility index (Phi) is 3.47. The average Bonchev–Trinajstić information content (AvgIpc) is 2.07. The molecule has 0 aliphatic carbocycles. The Balaban J connectivity index is 3.25. The molecule has 0 saturated heterocycles. The highest BCUT2D eigenvalue weighted by Gasteiger charge is 2.15. The van der Waals surface area contributed by atoms with Crippen LogP contribution in [0.25, 0.3) is 5.57 Å². The van der Waals surface area contributed by atoms with E-state index < -0.39 is 0 Å². The summed E-state index contributed by atoms with van der Waals surface area (Å²) >= 11 is 0. The summed E-state index contributed by atoms with van der Waals surface area (Å²) in [5, 5.41) is 0. The number of rotatable bonds is 2. The maximum atomic E-state index is 5.97. The van der Waals surface area contributed by atoms with Crippen molar-refractivity contribution in [3.05, 3.63) is 35.4 Å². The van der Waals surface area contributed by atoms with Crippen molar-refractivity contribution in [2.45, 2.75) is 47.1 Å². The van der Waals surface area contributed by atoms with Crippen LogP contribution in [-0.2, 0) is 0 Å². The zero-order valence-electron chi connectivity index (χ0n) is 11.3. The molecule has 0 spiro atoms. The van der Waals surface area contributed by atoms with Crippen molar-refractivity contribution >= 4 is 5.57 Å². The fourth-order valence-electron chi connectivity index (χ4n) is 1.54. The Morgan fingerprint density at radius 3 is 2.06 bits per heavy atom. The standard InChI is InChI=1S/C15H22O/c1-10(2)13-8-11(3)12(4)9-14(13)16-15(5,6)7/h8-9H,1H2,2-7H3. The second-order valence-electron chi connectivity index (χ2n) is 5.43. The molecule has 0 aliphatic heterocycles. The molecule has 0 fully saturated rings. The molecule has 1 heteroatoms. The molecule has 1 aromatic carbocycles. The third-order valence-electron chi connectivity index (χ3n) is 2.47. The first kappa shape index (κ1) is 12.8. The van der Waals surface area contributed by atoms with Gasteiger partial charge in [0.1, 0.15) is 11.4 Å². The molecule has 16 heavy (non-hydrogen) atoms. The molecular formula is C15H22O. The van der Waals surface area contributed by atoms with Crippen LogP contribution in [0, 0.1) is 13.8 Å². The van der Waals surface area contributed by atoms with Crippen LogP contribution in [0.15, 0.2) is 18.7 Å². The van der Waals surface area contributed by atoms with Crippen molar-refractivity contribution in [1.82, 2.24) is 0 Å². The van der Waals surface area contributed by atoms with Gasteiger partial charge in [-0.2, -0.15) is 0 Å². The van der Waals surface area contributed by atoms with E-state index in [1.807, 2.05) is 6.92 Å². The molecule has 0 heterocycles. The zero-order valence-corrected chi connectivity index (χ0v) is 11.3. The van der Waals surface area contributed by atoms with E-state index in [4.69, 9.17) is 4.74 Å². The molecule has 0 aliphatic rings. The Labute approximate surface area is 99.1 Å². The Morgan fingerprint density at radius 1 is 1.12 bits per heavy atom. The first-order valence-corrected chi connectivity index (χ1v) is 5.67. The lowest BCUT2D eigenvalue weighted by molar-refractivity contribution is 0.130. The van der Waals surface area contributed by atoms with Crippen molar-refractivity contribution in [1.29, 1.82) is 0 Å². The van der Waals surface area contributed by atoms with E-state index in [0.717, 1.165) is 16.9 Å². The van der Waals surface area contributed by atoms with Gasteiger partial charge in [-0.1, -0.05) is 6.58 Å². The summed E-state index contributed by atoms with van der Waals surface area (Å²) < 4.78 is 5.97. The van der Waals surface area contributed by atoms with Crippen LogP contribution in [0.4, 0.5) is 0 Å². The van der Waals surface area contributed by atoms with Crippen molar-refractivity contribution in [3.8, 4) is 5.75 Å². The second-order valence-corrected chi connectivity index (χ2v) is 5.43. The van der Waals surface area contributed by atoms with Crippen LogP contribution in [-0.4, -0.2) is 5.60 Å². The molecular weight excluding hydrogens is 196 g/mol. The molecule has 0 N–H and O–H groups in total. The number of benzene rings is 1. The maximum Gasteiger partial charge on any atom is 0.127 e. The third-order valence-corrected chi connectivity index (χ3v) is 2.47. The Bertz CT molecular complexity index is 408. The minimum absolute atomic E-state index is 0.175. The van der Waals surface area contributed by atoms with Crippen LogP contribution in [0.3, 0.4) is 0 Å². The van der Waals surface area contributed by atoms with Crippen LogP contribution in [0.5, 0.6) is 5.75 Å². The van der Waals surface area contributed by atoms with Gasteiger partial charge in [0.2, 0.25) is 0 Å². The van der Waals surface area contributed by atoms with Crippen LogP contribution >= 0.6 is 0 Å². The molecule has 1 nitrogen and oxygen atoms in total. The van der Waals surface area contributed by atoms with E-state index in [1.165, 1.54) is 11.1 Å². The van der Waals surface area contributed by atoms with Crippen molar-refractivity contribution < 1.29 is 4.74 Å². The summed E-state index contributed by atoms with van der Waals surface area (Å²) in [5.74, 6) is 0.933. The van der Waals surface area contributed by atoms with Crippen molar-refractivity contribution in [2.24, 2.45) is 0 Å². The number of aryl methyl sites for hydroxylation is 2. The molecule has 0 radical (unpaired) electrons. The normalized spacial score (nSPS) is 11.4. The van der Waals surface area contributed by atoms with E-state index in [0.29, 0.717) is 0 Å². The topological polar surface area (TPSA) is 9.23 Å². The van der Waals surface area contributed by atoms with E-state index in [-0.39, 0.29) is 5.60 Å². The molecule has 0 aromatic heterocycles. The fraction of sp³-hybridized carbons (Fsp3) is 0.467. The molecule has 0 atom stereocenters. The van der Waals surface area contributed by atoms with E-state index >= 15 is 0 Å². The SMILES string of the molecule is C=C(C)c1cc(C)c(C)cc1OC(C)(C)C. The summed E-state index contributed by atoms with van der Waals surface area (Å²) in [7, 11) is 0. The summed E-state index contributed by atoms with van der Waals surface area (Å²) in [6, 6.07) is 4.25. The highest BCUT2D eigenvalue weighted by atomic mass is 16.5. The number of ether oxygens (including phenoxy) is 1. The quantitative estimate of drug-likeness (QED) is 0.709. The minimum Gasteiger partial charge on any atom is -0.488 e. The van der Waals surface area contributed by atoms with E-state index in [1.54, 1.807) is 0 Å². The lowest BCUT2D eigenvalue weighted by Crippen LogP contribution is -2.23. The van der Waals surface area contributed by atoms with Gasteiger partial charge in [-0.15, -0.1) is 0 Å². The Morgan fingerprint density at radius 2 is 1.62 bits per heavy atom. The first-order valence-electron chi connectivity index (χ1n) is 5.67. The highest BCUT2D eigenvalue weighted by molar-refractivity contribution is 5.68. The van der Waals surface area contributed by atoms with Gasteiger partial charge in [0.05, 0.1) is 0 Å². The average molecular weight is 218 g/mol.